The van der Waals surface area contributed by atoms with Crippen molar-refractivity contribution in [2.45, 2.75) is 18.9 Å². The smallest absolute Gasteiger partial charge is 0.143 e. The van der Waals surface area contributed by atoms with Gasteiger partial charge < -0.3 is 9.80 Å². The van der Waals surface area contributed by atoms with Crippen molar-refractivity contribution in [3.63, 3.8) is 0 Å². The number of carbonyl (C=O) groups is 1. The maximum atomic E-state index is 13.9. The van der Waals surface area contributed by atoms with Crippen molar-refractivity contribution in [1.29, 1.82) is 0 Å². The van der Waals surface area contributed by atoms with E-state index in [1.165, 1.54) is 12.1 Å². The summed E-state index contributed by atoms with van der Waals surface area (Å²) in [6.07, 6.45) is 0.109. The van der Waals surface area contributed by atoms with Crippen LogP contribution in [0.25, 0.3) is 0 Å². The fourth-order valence-corrected chi connectivity index (χ4v) is 2.96. The molecule has 0 radical (unpaired) electrons. The number of hydrogen-bond acceptors (Lipinski definition) is 3. The molecular formula is C15H19BrF2N2O. The molecule has 1 unspecified atom stereocenters. The highest BCUT2D eigenvalue weighted by atomic mass is 79.9. The third-order valence-corrected chi connectivity index (χ3v) is 4.57. The molecule has 1 aromatic rings. The van der Waals surface area contributed by atoms with Gasteiger partial charge in [0.1, 0.15) is 17.4 Å². The van der Waals surface area contributed by atoms with Crippen LogP contribution in [0.2, 0.25) is 0 Å². The monoisotopic (exact) mass is 360 g/mol. The van der Waals surface area contributed by atoms with Gasteiger partial charge in [-0.1, -0.05) is 0 Å². The average molecular weight is 361 g/mol. The van der Waals surface area contributed by atoms with E-state index in [0.717, 1.165) is 19.6 Å². The summed E-state index contributed by atoms with van der Waals surface area (Å²) >= 11 is 3.02. The fourth-order valence-electron chi connectivity index (χ4n) is 2.59. The van der Waals surface area contributed by atoms with Crippen LogP contribution < -0.4 is 0 Å². The Kier molecular flexibility index (Phi) is 5.46. The van der Waals surface area contributed by atoms with E-state index in [0.29, 0.717) is 6.42 Å². The number of piperazine rings is 1. The molecule has 116 valence electrons. The van der Waals surface area contributed by atoms with Gasteiger partial charge in [0.15, 0.2) is 0 Å². The zero-order chi connectivity index (χ0) is 15.6. The van der Waals surface area contributed by atoms with Gasteiger partial charge in [-0.25, -0.2) is 8.78 Å². The first-order valence-corrected chi connectivity index (χ1v) is 7.70. The van der Waals surface area contributed by atoms with Gasteiger partial charge in [0.05, 0.1) is 4.47 Å². The molecule has 0 bridgehead atoms. The van der Waals surface area contributed by atoms with Crippen molar-refractivity contribution in [2.75, 3.05) is 33.7 Å². The summed E-state index contributed by atoms with van der Waals surface area (Å²) in [5.74, 6) is -1.49. The van der Waals surface area contributed by atoms with E-state index >= 15 is 0 Å². The average Bonchev–Trinajstić information content (AvgIpc) is 2.43. The van der Waals surface area contributed by atoms with Crippen LogP contribution in [0.1, 0.15) is 12.0 Å². The predicted octanol–water partition coefficient (Wildman–Crippen LogP) is 2.47. The molecular weight excluding hydrogens is 342 g/mol. The molecule has 1 aliphatic heterocycles. The first-order valence-electron chi connectivity index (χ1n) is 6.91. The number of nitrogens with zero attached hydrogens (tertiary/aromatic N) is 2. The Morgan fingerprint density at radius 2 is 2.05 bits per heavy atom. The normalized spacial score (nSPS) is 20.7. The van der Waals surface area contributed by atoms with Crippen molar-refractivity contribution in [3.05, 3.63) is 33.8 Å². The molecule has 3 nitrogen and oxygen atoms in total. The van der Waals surface area contributed by atoms with Gasteiger partial charge in [-0.2, -0.15) is 0 Å². The van der Waals surface area contributed by atoms with Crippen LogP contribution in [-0.2, 0) is 11.2 Å². The lowest BCUT2D eigenvalue weighted by molar-refractivity contribution is -0.120. The molecule has 1 aliphatic rings. The summed E-state index contributed by atoms with van der Waals surface area (Å²) in [5.41, 5.74) is -0.152. The van der Waals surface area contributed by atoms with Crippen molar-refractivity contribution in [3.8, 4) is 0 Å². The SMILES string of the molecule is CN1CCN(C)C(CC(=O)Cc2c(F)ccc(Br)c2F)C1. The molecule has 0 saturated carbocycles. The van der Waals surface area contributed by atoms with Crippen molar-refractivity contribution >= 4 is 21.7 Å². The molecule has 1 aromatic carbocycles. The quantitative estimate of drug-likeness (QED) is 0.770. The lowest BCUT2D eigenvalue weighted by Gasteiger charge is -2.37. The molecule has 1 fully saturated rings. The van der Waals surface area contributed by atoms with E-state index in [4.69, 9.17) is 0 Å². The summed E-state index contributed by atoms with van der Waals surface area (Å²) in [5, 5.41) is 0. The maximum Gasteiger partial charge on any atom is 0.143 e. The van der Waals surface area contributed by atoms with Crippen LogP contribution in [0.4, 0.5) is 8.78 Å². The third-order valence-electron chi connectivity index (χ3n) is 3.96. The summed E-state index contributed by atoms with van der Waals surface area (Å²) in [6, 6.07) is 2.59. The third kappa shape index (κ3) is 4.08. The van der Waals surface area contributed by atoms with Gasteiger partial charge in [0.2, 0.25) is 0 Å². The fraction of sp³-hybridized carbons (Fsp3) is 0.533. The Bertz CT molecular complexity index is 539. The Morgan fingerprint density at radius 3 is 2.76 bits per heavy atom. The number of rotatable bonds is 4. The minimum absolute atomic E-state index is 0.106. The predicted molar refractivity (Wildman–Crippen MR) is 81.3 cm³/mol. The van der Waals surface area contributed by atoms with Crippen LogP contribution in [0.15, 0.2) is 16.6 Å². The van der Waals surface area contributed by atoms with Crippen LogP contribution in [-0.4, -0.2) is 55.4 Å². The number of benzene rings is 1. The zero-order valence-electron chi connectivity index (χ0n) is 12.2. The molecule has 1 atom stereocenters. The van der Waals surface area contributed by atoms with Gasteiger partial charge in [-0.15, -0.1) is 0 Å². The second-order valence-electron chi connectivity index (χ2n) is 5.64. The molecule has 0 amide bonds. The Hall–Kier alpha value is -0.850. The Labute approximate surface area is 132 Å². The lowest BCUT2D eigenvalue weighted by atomic mass is 10.0. The summed E-state index contributed by atoms with van der Waals surface area (Å²) in [4.78, 5) is 16.5. The van der Waals surface area contributed by atoms with Gasteiger partial charge in [0.25, 0.3) is 0 Å². The maximum absolute atomic E-state index is 13.9. The number of likely N-dealkylation sites (N-methyl/N-ethyl adjacent to an activating group) is 2. The van der Waals surface area contributed by atoms with Crippen LogP contribution in [0.5, 0.6) is 0 Å². The number of hydrogen-bond donors (Lipinski definition) is 0. The topological polar surface area (TPSA) is 23.6 Å². The molecule has 6 heteroatoms. The minimum Gasteiger partial charge on any atom is -0.304 e. The second kappa shape index (κ2) is 6.94. The minimum atomic E-state index is -0.683. The van der Waals surface area contributed by atoms with Crippen LogP contribution in [0.3, 0.4) is 0 Å². The molecule has 21 heavy (non-hydrogen) atoms. The van der Waals surface area contributed by atoms with E-state index in [1.807, 2.05) is 14.1 Å². The van der Waals surface area contributed by atoms with E-state index in [2.05, 4.69) is 25.7 Å². The largest absolute Gasteiger partial charge is 0.304 e. The van der Waals surface area contributed by atoms with Gasteiger partial charge in [-0.05, 0) is 42.2 Å². The van der Waals surface area contributed by atoms with E-state index in [9.17, 15) is 13.6 Å². The number of ketones is 1. The van der Waals surface area contributed by atoms with Gasteiger partial charge in [-0.3, -0.25) is 4.79 Å². The van der Waals surface area contributed by atoms with E-state index < -0.39 is 11.6 Å². The molecule has 0 N–H and O–H groups in total. The molecule has 0 aliphatic carbocycles. The first-order chi connectivity index (χ1) is 9.88. The summed E-state index contributed by atoms with van der Waals surface area (Å²) in [7, 11) is 3.99. The Balaban J connectivity index is 2.03. The highest BCUT2D eigenvalue weighted by Crippen LogP contribution is 2.23. The van der Waals surface area contributed by atoms with Crippen LogP contribution >= 0.6 is 15.9 Å². The highest BCUT2D eigenvalue weighted by molar-refractivity contribution is 9.10. The van der Waals surface area contributed by atoms with Crippen LogP contribution in [0, 0.1) is 11.6 Å². The molecule has 1 saturated heterocycles. The van der Waals surface area contributed by atoms with E-state index in [-0.39, 0.29) is 28.3 Å². The number of halogens is 3. The molecule has 0 aromatic heterocycles. The van der Waals surface area contributed by atoms with Crippen molar-refractivity contribution in [2.24, 2.45) is 0 Å². The van der Waals surface area contributed by atoms with Crippen molar-refractivity contribution in [1.82, 2.24) is 9.80 Å². The summed E-state index contributed by atoms with van der Waals surface area (Å²) < 4.78 is 27.7. The molecule has 1 heterocycles. The lowest BCUT2D eigenvalue weighted by Crippen LogP contribution is -2.50. The zero-order valence-corrected chi connectivity index (χ0v) is 13.8. The molecule has 2 rings (SSSR count). The highest BCUT2D eigenvalue weighted by Gasteiger charge is 2.25. The first kappa shape index (κ1) is 16.5. The van der Waals surface area contributed by atoms with Gasteiger partial charge in [0, 0.05) is 44.1 Å². The number of carbonyl (C=O) groups excluding carboxylic acids is 1. The standard InChI is InChI=1S/C15H19BrF2N2O/c1-19-5-6-20(2)10(9-19)7-11(21)8-12-14(17)4-3-13(16)15(12)18/h3-4,10H,5-9H2,1-2H3. The Morgan fingerprint density at radius 1 is 1.33 bits per heavy atom. The summed E-state index contributed by atoms with van der Waals surface area (Å²) in [6.45, 7) is 2.66. The molecule has 0 spiro atoms. The van der Waals surface area contributed by atoms with E-state index in [1.54, 1.807) is 0 Å². The van der Waals surface area contributed by atoms with Gasteiger partial charge >= 0.3 is 0 Å². The van der Waals surface area contributed by atoms with Crippen molar-refractivity contribution < 1.29 is 13.6 Å². The number of Topliss-reactive ketones (excluding diaryl/α,β-unsaturated/α-hetero) is 1. The second-order valence-corrected chi connectivity index (χ2v) is 6.49.